The highest BCUT2D eigenvalue weighted by Gasteiger charge is 2.23. The van der Waals surface area contributed by atoms with Crippen molar-refractivity contribution in [3.8, 4) is 6.07 Å². The van der Waals surface area contributed by atoms with Gasteiger partial charge in [0.15, 0.2) is 0 Å². The van der Waals surface area contributed by atoms with Crippen LogP contribution in [0.4, 0.5) is 0 Å². The van der Waals surface area contributed by atoms with Crippen LogP contribution in [-0.4, -0.2) is 10.1 Å². The molecule has 19 heavy (non-hydrogen) atoms. The summed E-state index contributed by atoms with van der Waals surface area (Å²) >= 11 is 0. The highest BCUT2D eigenvalue weighted by atomic mass is 16.3. The van der Waals surface area contributed by atoms with Gasteiger partial charge in [0.25, 0.3) is 0 Å². The molecule has 1 aromatic carbocycles. The number of pyridine rings is 1. The average Bonchev–Trinajstić information content (AvgIpc) is 2.46. The number of nitrogens with zero attached hydrogens (tertiary/aromatic N) is 2. The highest BCUT2D eigenvalue weighted by molar-refractivity contribution is 5.35. The fraction of sp³-hybridized carbons (Fsp3) is 0.250. The van der Waals surface area contributed by atoms with Crippen LogP contribution < -0.4 is 0 Å². The fourth-order valence-corrected chi connectivity index (χ4v) is 1.99. The fourth-order valence-electron chi connectivity index (χ4n) is 1.99. The lowest BCUT2D eigenvalue weighted by atomic mass is 9.89. The minimum atomic E-state index is -0.954. The number of aliphatic hydroxyl groups is 1. The van der Waals surface area contributed by atoms with Gasteiger partial charge in [-0.2, -0.15) is 5.26 Å². The number of rotatable bonds is 4. The lowest BCUT2D eigenvalue weighted by Crippen LogP contribution is -2.22. The second kappa shape index (κ2) is 5.64. The summed E-state index contributed by atoms with van der Waals surface area (Å²) in [5.41, 5.74) is 1.34. The lowest BCUT2D eigenvalue weighted by Gasteiger charge is -2.23. The Morgan fingerprint density at radius 1 is 1.26 bits per heavy atom. The minimum Gasteiger partial charge on any atom is -0.385 e. The van der Waals surface area contributed by atoms with E-state index in [1.807, 2.05) is 24.3 Å². The van der Waals surface area contributed by atoms with Crippen LogP contribution >= 0.6 is 0 Å². The third-order valence-corrected chi connectivity index (χ3v) is 3.21. The smallest absolute Gasteiger partial charge is 0.0991 e. The van der Waals surface area contributed by atoms with E-state index in [4.69, 9.17) is 5.26 Å². The van der Waals surface area contributed by atoms with Crippen LogP contribution in [0.1, 0.15) is 30.2 Å². The van der Waals surface area contributed by atoms with Gasteiger partial charge in [-0.25, -0.2) is 0 Å². The van der Waals surface area contributed by atoms with E-state index in [0.717, 1.165) is 11.3 Å². The normalized spacial score (nSPS) is 13.5. The summed E-state index contributed by atoms with van der Waals surface area (Å²) in [5, 5.41) is 19.4. The van der Waals surface area contributed by atoms with Crippen LogP contribution in [0.25, 0.3) is 0 Å². The summed E-state index contributed by atoms with van der Waals surface area (Å²) in [5.74, 6) is 0. The first-order valence-corrected chi connectivity index (χ1v) is 6.25. The second-order valence-electron chi connectivity index (χ2n) is 4.79. The minimum absolute atomic E-state index is 0.565. The van der Waals surface area contributed by atoms with Crippen molar-refractivity contribution in [3.05, 3.63) is 65.5 Å². The molecule has 0 fully saturated rings. The van der Waals surface area contributed by atoms with Crippen molar-refractivity contribution in [2.75, 3.05) is 0 Å². The number of benzene rings is 1. The zero-order chi connectivity index (χ0) is 13.7. The number of aromatic nitrogens is 1. The third-order valence-electron chi connectivity index (χ3n) is 3.21. The Hall–Kier alpha value is -2.18. The van der Waals surface area contributed by atoms with Crippen LogP contribution in [0.15, 0.2) is 48.7 Å². The third kappa shape index (κ3) is 3.40. The topological polar surface area (TPSA) is 56.9 Å². The van der Waals surface area contributed by atoms with Gasteiger partial charge in [0, 0.05) is 11.9 Å². The first-order valence-electron chi connectivity index (χ1n) is 6.25. The average molecular weight is 252 g/mol. The molecule has 0 aliphatic carbocycles. The van der Waals surface area contributed by atoms with E-state index in [1.165, 1.54) is 0 Å². The van der Waals surface area contributed by atoms with Gasteiger partial charge in [-0.15, -0.1) is 0 Å². The van der Waals surface area contributed by atoms with Gasteiger partial charge in [-0.3, -0.25) is 4.98 Å². The van der Waals surface area contributed by atoms with Gasteiger partial charge in [0.1, 0.15) is 0 Å². The Kier molecular flexibility index (Phi) is 3.94. The van der Waals surface area contributed by atoms with Crippen LogP contribution in [0, 0.1) is 11.3 Å². The monoisotopic (exact) mass is 252 g/mol. The van der Waals surface area contributed by atoms with Gasteiger partial charge in [0.05, 0.1) is 17.2 Å². The van der Waals surface area contributed by atoms with Crippen LogP contribution in [-0.2, 0) is 12.0 Å². The quantitative estimate of drug-likeness (QED) is 0.910. The maximum atomic E-state index is 10.5. The first kappa shape index (κ1) is 13.3. The molecule has 0 aliphatic rings. The van der Waals surface area contributed by atoms with Crippen molar-refractivity contribution in [1.29, 1.82) is 5.26 Å². The van der Waals surface area contributed by atoms with Gasteiger partial charge >= 0.3 is 0 Å². The molecule has 0 saturated carbocycles. The largest absolute Gasteiger partial charge is 0.385 e. The van der Waals surface area contributed by atoms with Crippen molar-refractivity contribution in [1.82, 2.24) is 4.98 Å². The molecular formula is C16H16N2O. The molecule has 0 saturated heterocycles. The molecule has 1 heterocycles. The summed E-state index contributed by atoms with van der Waals surface area (Å²) in [6.45, 7) is 1.77. The molecule has 3 nitrogen and oxygen atoms in total. The van der Waals surface area contributed by atoms with Crippen molar-refractivity contribution in [2.24, 2.45) is 0 Å². The maximum Gasteiger partial charge on any atom is 0.0991 e. The van der Waals surface area contributed by atoms with Gasteiger partial charge in [-0.05, 0) is 49.6 Å². The molecule has 0 amide bonds. The summed E-state index contributed by atoms with van der Waals surface area (Å²) in [6.07, 6.45) is 3.02. The van der Waals surface area contributed by atoms with E-state index in [0.29, 0.717) is 18.4 Å². The molecule has 0 spiro atoms. The SMILES string of the molecule is C[C@@](O)(CCc1ccccn1)c1cccc(C#N)c1. The van der Waals surface area contributed by atoms with Crippen LogP contribution in [0.2, 0.25) is 0 Å². The van der Waals surface area contributed by atoms with Crippen LogP contribution in [0.5, 0.6) is 0 Å². The molecule has 3 heteroatoms. The molecule has 1 N–H and O–H groups in total. The summed E-state index contributed by atoms with van der Waals surface area (Å²) in [4.78, 5) is 4.25. The van der Waals surface area contributed by atoms with Gasteiger partial charge in [-0.1, -0.05) is 18.2 Å². The summed E-state index contributed by atoms with van der Waals surface area (Å²) < 4.78 is 0. The van der Waals surface area contributed by atoms with Gasteiger partial charge in [0.2, 0.25) is 0 Å². The molecule has 0 unspecified atom stereocenters. The zero-order valence-electron chi connectivity index (χ0n) is 10.9. The summed E-state index contributed by atoms with van der Waals surface area (Å²) in [7, 11) is 0. The van der Waals surface area contributed by atoms with E-state index < -0.39 is 5.60 Å². The van der Waals surface area contributed by atoms with Crippen LogP contribution in [0.3, 0.4) is 0 Å². The van der Waals surface area contributed by atoms with E-state index in [9.17, 15) is 5.11 Å². The Morgan fingerprint density at radius 2 is 2.11 bits per heavy atom. The molecule has 1 aromatic heterocycles. The van der Waals surface area contributed by atoms with Crippen molar-refractivity contribution in [2.45, 2.75) is 25.4 Å². The molecule has 2 aromatic rings. The Morgan fingerprint density at radius 3 is 2.79 bits per heavy atom. The van der Waals surface area contributed by atoms with E-state index in [-0.39, 0.29) is 0 Å². The van der Waals surface area contributed by atoms with Crippen molar-refractivity contribution in [3.63, 3.8) is 0 Å². The van der Waals surface area contributed by atoms with E-state index in [1.54, 1.807) is 31.3 Å². The van der Waals surface area contributed by atoms with Crippen molar-refractivity contribution >= 4 is 0 Å². The predicted molar refractivity (Wildman–Crippen MR) is 73.3 cm³/mol. The van der Waals surface area contributed by atoms with E-state index in [2.05, 4.69) is 11.1 Å². The zero-order valence-corrected chi connectivity index (χ0v) is 10.9. The number of aryl methyl sites for hydroxylation is 1. The summed E-state index contributed by atoms with van der Waals surface area (Å²) in [6, 6.07) is 15.0. The molecule has 0 bridgehead atoms. The lowest BCUT2D eigenvalue weighted by molar-refractivity contribution is 0.0478. The Balaban J connectivity index is 2.11. The standard InChI is InChI=1S/C16H16N2O/c1-16(19,9-8-15-7-2-3-10-18-15)14-6-4-5-13(11-14)12-17/h2-7,10-11,19H,8-9H2,1H3/t16-/m1/s1. The van der Waals surface area contributed by atoms with Gasteiger partial charge < -0.3 is 5.11 Å². The molecule has 0 radical (unpaired) electrons. The number of hydrogen-bond donors (Lipinski definition) is 1. The molecule has 1 atom stereocenters. The van der Waals surface area contributed by atoms with Crippen molar-refractivity contribution < 1.29 is 5.11 Å². The number of hydrogen-bond acceptors (Lipinski definition) is 3. The molecular weight excluding hydrogens is 236 g/mol. The molecule has 2 rings (SSSR count). The first-order chi connectivity index (χ1) is 9.12. The second-order valence-corrected chi connectivity index (χ2v) is 4.79. The predicted octanol–water partition coefficient (Wildman–Crippen LogP) is 2.79. The highest BCUT2D eigenvalue weighted by Crippen LogP contribution is 2.26. The maximum absolute atomic E-state index is 10.5. The molecule has 96 valence electrons. The van der Waals surface area contributed by atoms with E-state index >= 15 is 0 Å². The molecule has 0 aliphatic heterocycles. The Bertz CT molecular complexity index is 585. The number of nitriles is 1. The Labute approximate surface area is 113 Å².